The van der Waals surface area contributed by atoms with Gasteiger partial charge in [0.15, 0.2) is 0 Å². The normalized spacial score (nSPS) is 27.1. The Kier molecular flexibility index (Phi) is 4.28. The van der Waals surface area contributed by atoms with Crippen molar-refractivity contribution < 1.29 is 13.9 Å². The molecule has 20 heavy (non-hydrogen) atoms. The predicted octanol–water partition coefficient (Wildman–Crippen LogP) is 2.26. The zero-order chi connectivity index (χ0) is 14.8. The molecule has 110 valence electrons. The molecule has 5 heteroatoms. The molecule has 1 N–H and O–H groups in total. The summed E-state index contributed by atoms with van der Waals surface area (Å²) in [5, 5.41) is 3.09. The quantitative estimate of drug-likeness (QED) is 0.862. The third-order valence-electron chi connectivity index (χ3n) is 4.11. The molecule has 0 aliphatic carbocycles. The summed E-state index contributed by atoms with van der Waals surface area (Å²) < 4.78 is 18.8. The van der Waals surface area contributed by atoms with Crippen molar-refractivity contribution in [2.75, 3.05) is 26.0 Å². The molecule has 0 radical (unpaired) electrons. The molecule has 0 spiro atoms. The van der Waals surface area contributed by atoms with E-state index in [1.54, 1.807) is 18.2 Å². The highest BCUT2D eigenvalue weighted by atomic mass is 19.1. The topological polar surface area (TPSA) is 41.6 Å². The second-order valence-corrected chi connectivity index (χ2v) is 5.46. The van der Waals surface area contributed by atoms with E-state index in [4.69, 9.17) is 4.74 Å². The zero-order valence-corrected chi connectivity index (χ0v) is 12.1. The van der Waals surface area contributed by atoms with Gasteiger partial charge in [0.25, 0.3) is 0 Å². The van der Waals surface area contributed by atoms with Gasteiger partial charge >= 0.3 is 5.97 Å². The number of nitrogens with one attached hydrogen (secondary N) is 1. The van der Waals surface area contributed by atoms with Crippen LogP contribution in [0, 0.1) is 5.82 Å². The van der Waals surface area contributed by atoms with E-state index >= 15 is 0 Å². The van der Waals surface area contributed by atoms with Crippen LogP contribution < -0.4 is 5.32 Å². The smallest absolute Gasteiger partial charge is 0.331 e. The molecule has 1 aromatic carbocycles. The molecule has 1 saturated heterocycles. The Hall–Kier alpha value is -1.62. The van der Waals surface area contributed by atoms with Crippen LogP contribution in [0.2, 0.25) is 0 Å². The Morgan fingerprint density at radius 2 is 2.20 bits per heavy atom. The first-order chi connectivity index (χ1) is 9.48. The first-order valence-corrected chi connectivity index (χ1v) is 6.80. The molecule has 1 aromatic rings. The minimum atomic E-state index is -0.858. The number of carbonyl (C=O) groups is 1. The van der Waals surface area contributed by atoms with E-state index < -0.39 is 5.54 Å². The van der Waals surface area contributed by atoms with Crippen molar-refractivity contribution in [3.05, 3.63) is 30.1 Å². The second kappa shape index (κ2) is 5.79. The molecule has 0 saturated carbocycles. The summed E-state index contributed by atoms with van der Waals surface area (Å²) in [4.78, 5) is 14.4. The maximum atomic E-state index is 13.8. The van der Waals surface area contributed by atoms with Gasteiger partial charge in [0.2, 0.25) is 0 Å². The first kappa shape index (κ1) is 14.8. The van der Waals surface area contributed by atoms with E-state index in [9.17, 15) is 9.18 Å². The number of nitrogens with zero attached hydrogens (tertiary/aromatic N) is 1. The van der Waals surface area contributed by atoms with Crippen molar-refractivity contribution >= 4 is 11.7 Å². The van der Waals surface area contributed by atoms with Crippen LogP contribution in [-0.4, -0.2) is 43.2 Å². The summed E-state index contributed by atoms with van der Waals surface area (Å²) in [6, 6.07) is 6.62. The minimum Gasteiger partial charge on any atom is -0.467 e. The molecule has 2 unspecified atom stereocenters. The number of likely N-dealkylation sites (tertiary alicyclic amines) is 1. The molecular formula is C15H21FN2O2. The van der Waals surface area contributed by atoms with Gasteiger partial charge in [0.1, 0.15) is 11.4 Å². The first-order valence-electron chi connectivity index (χ1n) is 6.80. The molecular weight excluding hydrogens is 259 g/mol. The fraction of sp³-hybridized carbons (Fsp3) is 0.533. The van der Waals surface area contributed by atoms with Crippen molar-refractivity contribution in [1.29, 1.82) is 0 Å². The summed E-state index contributed by atoms with van der Waals surface area (Å²) in [7, 11) is 3.39. The van der Waals surface area contributed by atoms with Gasteiger partial charge in [-0.1, -0.05) is 12.1 Å². The Balaban J connectivity index is 2.29. The van der Waals surface area contributed by atoms with Gasteiger partial charge in [-0.3, -0.25) is 0 Å². The molecule has 1 heterocycles. The van der Waals surface area contributed by atoms with Gasteiger partial charge in [0.05, 0.1) is 12.8 Å². The highest BCUT2D eigenvalue weighted by Gasteiger charge is 2.44. The third kappa shape index (κ3) is 2.77. The molecule has 2 atom stereocenters. The van der Waals surface area contributed by atoms with Crippen molar-refractivity contribution in [2.45, 2.75) is 31.3 Å². The Bertz CT molecular complexity index is 495. The molecule has 2 rings (SSSR count). The number of carbonyl (C=O) groups excluding carboxylic acids is 1. The molecule has 1 aliphatic rings. The number of piperidine rings is 1. The molecule has 0 bridgehead atoms. The highest BCUT2D eigenvalue weighted by Crippen LogP contribution is 2.32. The number of rotatable bonds is 3. The number of para-hydroxylation sites is 1. The van der Waals surface area contributed by atoms with Gasteiger partial charge in [0, 0.05) is 12.6 Å². The van der Waals surface area contributed by atoms with Crippen LogP contribution in [0.3, 0.4) is 0 Å². The summed E-state index contributed by atoms with van der Waals surface area (Å²) in [5.41, 5.74) is -0.516. The number of anilines is 1. The molecule has 0 aromatic heterocycles. The van der Waals surface area contributed by atoms with Crippen molar-refractivity contribution in [2.24, 2.45) is 0 Å². The standard InChI is InChI=1S/C15H21FN2O2/c1-11-10-15(14(19)20-3,8-9-18(11)2)17-13-7-5-4-6-12(13)16/h4-7,11,17H,8-10H2,1-3H3. The molecule has 1 fully saturated rings. The number of benzene rings is 1. The van der Waals surface area contributed by atoms with E-state index in [0.717, 1.165) is 6.54 Å². The van der Waals surface area contributed by atoms with Gasteiger partial charge in [-0.05, 0) is 38.9 Å². The number of hydrogen-bond acceptors (Lipinski definition) is 4. The van der Waals surface area contributed by atoms with Gasteiger partial charge in [-0.25, -0.2) is 9.18 Å². The van der Waals surface area contributed by atoms with Crippen LogP contribution in [0.1, 0.15) is 19.8 Å². The second-order valence-electron chi connectivity index (χ2n) is 5.46. The average Bonchev–Trinajstić information content (AvgIpc) is 2.44. The van der Waals surface area contributed by atoms with Crippen molar-refractivity contribution in [1.82, 2.24) is 4.90 Å². The Morgan fingerprint density at radius 1 is 1.50 bits per heavy atom. The lowest BCUT2D eigenvalue weighted by atomic mass is 9.83. The summed E-state index contributed by atoms with van der Waals surface area (Å²) in [5.74, 6) is -0.692. The fourth-order valence-corrected chi connectivity index (χ4v) is 2.72. The number of esters is 1. The zero-order valence-electron chi connectivity index (χ0n) is 12.1. The van der Waals surface area contributed by atoms with E-state index in [1.807, 2.05) is 7.05 Å². The number of hydrogen-bond donors (Lipinski definition) is 1. The van der Waals surface area contributed by atoms with Crippen LogP contribution in [0.4, 0.5) is 10.1 Å². The average molecular weight is 280 g/mol. The third-order valence-corrected chi connectivity index (χ3v) is 4.11. The molecule has 4 nitrogen and oxygen atoms in total. The maximum Gasteiger partial charge on any atom is 0.331 e. The predicted molar refractivity (Wildman–Crippen MR) is 76.1 cm³/mol. The minimum absolute atomic E-state index is 0.224. The molecule has 1 aliphatic heterocycles. The maximum absolute atomic E-state index is 13.8. The van der Waals surface area contributed by atoms with Crippen LogP contribution in [-0.2, 0) is 9.53 Å². The molecule has 0 amide bonds. The highest BCUT2D eigenvalue weighted by molar-refractivity contribution is 5.85. The van der Waals surface area contributed by atoms with Crippen molar-refractivity contribution in [3.63, 3.8) is 0 Å². The lowest BCUT2D eigenvalue weighted by molar-refractivity contribution is -0.148. The summed E-state index contributed by atoms with van der Waals surface area (Å²) >= 11 is 0. The lowest BCUT2D eigenvalue weighted by Gasteiger charge is -2.43. The monoisotopic (exact) mass is 280 g/mol. The van der Waals surface area contributed by atoms with Crippen molar-refractivity contribution in [3.8, 4) is 0 Å². The van der Waals surface area contributed by atoms with Gasteiger partial charge in [-0.2, -0.15) is 0 Å². The fourth-order valence-electron chi connectivity index (χ4n) is 2.72. The van der Waals surface area contributed by atoms with Crippen LogP contribution in [0.25, 0.3) is 0 Å². The SMILES string of the molecule is COC(=O)C1(Nc2ccccc2F)CCN(C)C(C)C1. The van der Waals surface area contributed by atoms with Crippen LogP contribution in [0.15, 0.2) is 24.3 Å². The van der Waals surface area contributed by atoms with E-state index in [-0.39, 0.29) is 17.8 Å². The van der Waals surface area contributed by atoms with E-state index in [0.29, 0.717) is 18.5 Å². The van der Waals surface area contributed by atoms with Crippen LogP contribution >= 0.6 is 0 Å². The van der Waals surface area contributed by atoms with E-state index in [1.165, 1.54) is 13.2 Å². The largest absolute Gasteiger partial charge is 0.467 e. The number of halogens is 1. The number of ether oxygens (including phenoxy) is 1. The van der Waals surface area contributed by atoms with Crippen LogP contribution in [0.5, 0.6) is 0 Å². The van der Waals surface area contributed by atoms with E-state index in [2.05, 4.69) is 17.1 Å². The summed E-state index contributed by atoms with van der Waals surface area (Å²) in [6.45, 7) is 2.82. The Labute approximate surface area is 118 Å². The summed E-state index contributed by atoms with van der Waals surface area (Å²) in [6.07, 6.45) is 1.18. The van der Waals surface area contributed by atoms with Gasteiger partial charge < -0.3 is 15.0 Å². The Morgan fingerprint density at radius 3 is 2.80 bits per heavy atom. The lowest BCUT2D eigenvalue weighted by Crippen LogP contribution is -2.57. The van der Waals surface area contributed by atoms with Gasteiger partial charge in [-0.15, -0.1) is 0 Å². The number of methoxy groups -OCH3 is 1.